The van der Waals surface area contributed by atoms with Crippen LogP contribution in [0.25, 0.3) is 39.3 Å². The Morgan fingerprint density at radius 3 is 2.40 bits per heavy atom. The molecule has 0 N–H and O–H groups in total. The standard InChI is InChI=1S/C24H19N4O.Ir/c1-15-11-20(18-7-5-4-6-8-18)12-16(2)23(15)28-14-25-27-24(28)19-9-10-21-22(13-19)29-17(3)26-21;/h4-8,10-14H,1-3H3;/q-1;. The first-order chi connectivity index (χ1) is 14.1. The van der Waals surface area contributed by atoms with Gasteiger partial charge in [0.15, 0.2) is 5.89 Å². The van der Waals surface area contributed by atoms with Gasteiger partial charge in [-0.3, -0.25) is 4.98 Å². The summed E-state index contributed by atoms with van der Waals surface area (Å²) in [5.74, 6) is 1.36. The maximum Gasteiger partial charge on any atom is 0.180 e. The second kappa shape index (κ2) is 7.98. The molecule has 0 spiro atoms. The molecule has 3 aromatic carbocycles. The van der Waals surface area contributed by atoms with Crippen molar-refractivity contribution in [2.45, 2.75) is 20.8 Å². The molecular formula is C24H19IrN4O-. The molecular weight excluding hydrogens is 553 g/mol. The van der Waals surface area contributed by atoms with Crippen LogP contribution in [0.2, 0.25) is 0 Å². The van der Waals surface area contributed by atoms with E-state index in [4.69, 9.17) is 4.42 Å². The maximum absolute atomic E-state index is 5.68. The zero-order valence-electron chi connectivity index (χ0n) is 16.8. The number of aryl methyl sites for hydroxylation is 3. The number of nitrogens with zero attached hydrogens (tertiary/aromatic N) is 4. The first kappa shape index (κ1) is 20.2. The quantitative estimate of drug-likeness (QED) is 0.270. The van der Waals surface area contributed by atoms with Gasteiger partial charge < -0.3 is 8.98 Å². The molecule has 0 saturated heterocycles. The van der Waals surface area contributed by atoms with Crippen LogP contribution in [0.3, 0.4) is 0 Å². The molecule has 5 rings (SSSR count). The van der Waals surface area contributed by atoms with Gasteiger partial charge in [-0.15, -0.1) is 22.8 Å². The van der Waals surface area contributed by atoms with E-state index >= 15 is 0 Å². The number of oxazole rings is 1. The summed E-state index contributed by atoms with van der Waals surface area (Å²) in [5, 5.41) is 8.53. The monoisotopic (exact) mass is 572 g/mol. The second-order valence-corrected chi connectivity index (χ2v) is 7.18. The van der Waals surface area contributed by atoms with E-state index in [2.05, 4.69) is 71.5 Å². The van der Waals surface area contributed by atoms with Gasteiger partial charge in [-0.1, -0.05) is 36.4 Å². The number of hydrogen-bond donors (Lipinski definition) is 0. The molecule has 151 valence electrons. The van der Waals surface area contributed by atoms with Crippen LogP contribution >= 0.6 is 0 Å². The Kier molecular flexibility index (Phi) is 5.37. The third-order valence-electron chi connectivity index (χ3n) is 5.06. The van der Waals surface area contributed by atoms with E-state index in [-0.39, 0.29) is 20.1 Å². The van der Waals surface area contributed by atoms with Crippen molar-refractivity contribution < 1.29 is 24.5 Å². The van der Waals surface area contributed by atoms with Gasteiger partial charge in [0.2, 0.25) is 0 Å². The van der Waals surface area contributed by atoms with Gasteiger partial charge in [-0.25, -0.2) is 0 Å². The van der Waals surface area contributed by atoms with Gasteiger partial charge in [-0.05, 0) is 48.2 Å². The summed E-state index contributed by atoms with van der Waals surface area (Å²) in [7, 11) is 0. The van der Waals surface area contributed by atoms with Crippen LogP contribution < -0.4 is 0 Å². The summed E-state index contributed by atoms with van der Waals surface area (Å²) in [6.45, 7) is 6.07. The molecule has 0 saturated carbocycles. The predicted octanol–water partition coefficient (Wildman–Crippen LogP) is 5.47. The first-order valence-electron chi connectivity index (χ1n) is 9.46. The zero-order valence-corrected chi connectivity index (χ0v) is 19.2. The van der Waals surface area contributed by atoms with Gasteiger partial charge in [-0.2, -0.15) is 5.10 Å². The van der Waals surface area contributed by atoms with Crippen LogP contribution in [-0.2, 0) is 20.1 Å². The molecule has 6 heteroatoms. The van der Waals surface area contributed by atoms with Crippen molar-refractivity contribution in [3.8, 4) is 28.2 Å². The Balaban J connectivity index is 0.00000218. The van der Waals surface area contributed by atoms with E-state index in [0.717, 1.165) is 39.3 Å². The molecule has 1 radical (unpaired) electrons. The Morgan fingerprint density at radius 2 is 1.67 bits per heavy atom. The Hall–Kier alpha value is -3.08. The average molecular weight is 572 g/mol. The van der Waals surface area contributed by atoms with E-state index in [1.54, 1.807) is 6.33 Å². The summed E-state index contributed by atoms with van der Waals surface area (Å²) in [5.41, 5.74) is 8.11. The summed E-state index contributed by atoms with van der Waals surface area (Å²) in [6.07, 6.45) is 1.75. The number of fused-ring (bicyclic) bond motifs is 1. The van der Waals surface area contributed by atoms with Crippen LogP contribution in [0.1, 0.15) is 17.0 Å². The van der Waals surface area contributed by atoms with Gasteiger partial charge >= 0.3 is 0 Å². The fourth-order valence-corrected chi connectivity index (χ4v) is 3.83. The van der Waals surface area contributed by atoms with E-state index in [1.807, 2.05) is 29.7 Å². The largest absolute Gasteiger partial charge is 0.461 e. The van der Waals surface area contributed by atoms with Gasteiger partial charge in [0.05, 0.1) is 11.4 Å². The molecule has 0 fully saturated rings. The average Bonchev–Trinajstić information content (AvgIpc) is 3.33. The van der Waals surface area contributed by atoms with Gasteiger partial charge in [0.25, 0.3) is 0 Å². The minimum absolute atomic E-state index is 0. The van der Waals surface area contributed by atoms with Crippen molar-refractivity contribution in [2.24, 2.45) is 0 Å². The molecule has 0 atom stereocenters. The number of hydrogen-bond acceptors (Lipinski definition) is 4. The van der Waals surface area contributed by atoms with E-state index in [1.165, 1.54) is 11.1 Å². The molecule has 0 unspecified atom stereocenters. The fraction of sp³-hybridized carbons (Fsp3) is 0.125. The van der Waals surface area contributed by atoms with Crippen molar-refractivity contribution in [1.82, 2.24) is 19.7 Å². The Bertz CT molecular complexity index is 1320. The summed E-state index contributed by atoms with van der Waals surface area (Å²) < 4.78 is 7.69. The van der Waals surface area contributed by atoms with E-state index in [0.29, 0.717) is 5.89 Å². The van der Waals surface area contributed by atoms with Crippen LogP contribution in [0.15, 0.2) is 65.3 Å². The maximum atomic E-state index is 5.68. The molecule has 2 aromatic heterocycles. The van der Waals surface area contributed by atoms with Crippen LogP contribution in [0, 0.1) is 26.8 Å². The molecule has 5 nitrogen and oxygen atoms in total. The smallest absolute Gasteiger partial charge is 0.180 e. The predicted molar refractivity (Wildman–Crippen MR) is 113 cm³/mol. The van der Waals surface area contributed by atoms with E-state index < -0.39 is 0 Å². The molecule has 0 aliphatic heterocycles. The van der Waals surface area contributed by atoms with Crippen molar-refractivity contribution >= 4 is 11.1 Å². The third-order valence-corrected chi connectivity index (χ3v) is 5.06. The van der Waals surface area contributed by atoms with Gasteiger partial charge in [0, 0.05) is 38.2 Å². The topological polar surface area (TPSA) is 56.7 Å². The van der Waals surface area contributed by atoms with E-state index in [9.17, 15) is 0 Å². The fourth-order valence-electron chi connectivity index (χ4n) is 3.83. The van der Waals surface area contributed by atoms with Crippen LogP contribution in [-0.4, -0.2) is 19.7 Å². The number of rotatable bonds is 3. The van der Waals surface area contributed by atoms with Crippen molar-refractivity contribution in [2.75, 3.05) is 0 Å². The third kappa shape index (κ3) is 3.49. The molecule has 0 aliphatic rings. The van der Waals surface area contributed by atoms with Crippen molar-refractivity contribution in [1.29, 1.82) is 0 Å². The second-order valence-electron chi connectivity index (χ2n) is 7.18. The summed E-state index contributed by atoms with van der Waals surface area (Å²) in [4.78, 5) is 4.34. The Labute approximate surface area is 188 Å². The van der Waals surface area contributed by atoms with Gasteiger partial charge in [0.1, 0.15) is 6.33 Å². The summed E-state index contributed by atoms with van der Waals surface area (Å²) in [6, 6.07) is 21.8. The van der Waals surface area contributed by atoms with Crippen LogP contribution in [0.5, 0.6) is 0 Å². The number of aromatic nitrogens is 4. The molecule has 0 amide bonds. The number of benzene rings is 3. The molecule has 0 aliphatic carbocycles. The van der Waals surface area contributed by atoms with Crippen LogP contribution in [0.4, 0.5) is 0 Å². The van der Waals surface area contributed by atoms with Crippen molar-refractivity contribution in [3.63, 3.8) is 0 Å². The molecule has 5 aromatic rings. The zero-order chi connectivity index (χ0) is 20.0. The Morgan fingerprint density at radius 1 is 0.933 bits per heavy atom. The SMILES string of the molecule is Cc1nc2c[c-]c(-c3nncn3-c3c(C)cc(-c4ccccc4)cc3C)cc2o1.[Ir]. The molecule has 2 heterocycles. The first-order valence-corrected chi connectivity index (χ1v) is 9.46. The van der Waals surface area contributed by atoms with Crippen molar-refractivity contribution in [3.05, 3.63) is 84.0 Å². The molecule has 30 heavy (non-hydrogen) atoms. The normalized spacial score (nSPS) is 10.9. The minimum Gasteiger partial charge on any atom is -0.461 e. The summed E-state index contributed by atoms with van der Waals surface area (Å²) >= 11 is 0. The minimum atomic E-state index is 0. The molecule has 0 bridgehead atoms.